The number of nitrogens with one attached hydrogen (secondary N) is 1. The monoisotopic (exact) mass is 746 g/mol. The highest BCUT2D eigenvalue weighted by Gasteiger charge is 2.17. The standard InChI is InChI=1S/C51H30N4OS/c1-2-9-30(10-3-1)33-21-25-39-40-26-23-35(29-45(40)56-44(39)28-33)51-54-49(53-50(55-51)34-22-24-38-37-11-4-6-14-42(37)52-43(38)27-34)32-19-17-31(18-20-32)36-13-8-16-47-48(36)41-12-5-7-15-46(41)57-47/h1-29,52H. The number of fused-ring (bicyclic) bond motifs is 9. The Morgan fingerprint density at radius 2 is 0.930 bits per heavy atom. The summed E-state index contributed by atoms with van der Waals surface area (Å²) in [5.41, 5.74) is 11.1. The first-order valence-electron chi connectivity index (χ1n) is 19.0. The zero-order valence-corrected chi connectivity index (χ0v) is 31.2. The molecule has 0 atom stereocenters. The molecule has 1 N–H and O–H groups in total. The molecule has 5 nitrogen and oxygen atoms in total. The van der Waals surface area contributed by atoms with Crippen LogP contribution in [0.15, 0.2) is 180 Å². The van der Waals surface area contributed by atoms with Crippen LogP contribution in [0.2, 0.25) is 0 Å². The fraction of sp³-hybridized carbons (Fsp3) is 0. The molecule has 0 saturated carbocycles. The van der Waals surface area contributed by atoms with Gasteiger partial charge in [0.1, 0.15) is 11.2 Å². The number of para-hydroxylation sites is 1. The van der Waals surface area contributed by atoms with Gasteiger partial charge in [-0.05, 0) is 70.8 Å². The number of nitrogens with zero attached hydrogens (tertiary/aromatic N) is 3. The Kier molecular flexibility index (Phi) is 7.03. The molecule has 0 amide bonds. The molecule has 0 spiro atoms. The number of benzene rings is 8. The molecule has 12 rings (SSSR count). The molecule has 4 aromatic heterocycles. The predicted molar refractivity (Wildman–Crippen MR) is 237 cm³/mol. The first-order valence-corrected chi connectivity index (χ1v) is 19.8. The van der Waals surface area contributed by atoms with Crippen LogP contribution >= 0.6 is 11.3 Å². The van der Waals surface area contributed by atoms with Crippen LogP contribution in [-0.4, -0.2) is 19.9 Å². The van der Waals surface area contributed by atoms with Crippen LogP contribution in [0.25, 0.3) is 120 Å². The summed E-state index contributed by atoms with van der Waals surface area (Å²) in [6.45, 7) is 0. The quantitative estimate of drug-likeness (QED) is 0.190. The van der Waals surface area contributed by atoms with Crippen LogP contribution in [0.4, 0.5) is 0 Å². The van der Waals surface area contributed by atoms with Gasteiger partial charge < -0.3 is 9.40 Å². The van der Waals surface area contributed by atoms with Gasteiger partial charge >= 0.3 is 0 Å². The van der Waals surface area contributed by atoms with Gasteiger partial charge in [0.15, 0.2) is 17.5 Å². The van der Waals surface area contributed by atoms with Crippen molar-refractivity contribution in [3.05, 3.63) is 176 Å². The lowest BCUT2D eigenvalue weighted by Crippen LogP contribution is -2.00. The second-order valence-electron chi connectivity index (χ2n) is 14.5. The van der Waals surface area contributed by atoms with Crippen molar-refractivity contribution in [1.29, 1.82) is 0 Å². The summed E-state index contributed by atoms with van der Waals surface area (Å²) in [4.78, 5) is 19.0. The predicted octanol–water partition coefficient (Wildman–Crippen LogP) is 14.1. The third-order valence-corrected chi connectivity index (χ3v) is 12.2. The maximum Gasteiger partial charge on any atom is 0.164 e. The molecular weight excluding hydrogens is 717 g/mol. The van der Waals surface area contributed by atoms with E-state index in [1.807, 2.05) is 17.4 Å². The Morgan fingerprint density at radius 1 is 0.368 bits per heavy atom. The molecular formula is C51H30N4OS. The number of aromatic nitrogens is 4. The van der Waals surface area contributed by atoms with Crippen molar-refractivity contribution in [2.24, 2.45) is 0 Å². The molecule has 266 valence electrons. The number of thiophene rings is 1. The van der Waals surface area contributed by atoms with E-state index in [4.69, 9.17) is 19.4 Å². The minimum Gasteiger partial charge on any atom is -0.456 e. The fourth-order valence-electron chi connectivity index (χ4n) is 8.30. The van der Waals surface area contributed by atoms with E-state index in [2.05, 4.69) is 175 Å². The third-order valence-electron chi connectivity index (χ3n) is 11.1. The molecule has 0 aliphatic heterocycles. The van der Waals surface area contributed by atoms with Gasteiger partial charge in [-0.2, -0.15) is 0 Å². The maximum absolute atomic E-state index is 6.52. The Balaban J connectivity index is 0.992. The van der Waals surface area contributed by atoms with E-state index < -0.39 is 0 Å². The van der Waals surface area contributed by atoms with E-state index in [0.29, 0.717) is 17.5 Å². The summed E-state index contributed by atoms with van der Waals surface area (Å²) in [5, 5.41) is 7.06. The maximum atomic E-state index is 6.52. The molecule has 12 aromatic rings. The minimum absolute atomic E-state index is 0.581. The van der Waals surface area contributed by atoms with Gasteiger partial charge in [0.05, 0.1) is 0 Å². The summed E-state index contributed by atoms with van der Waals surface area (Å²) in [6, 6.07) is 61.7. The second kappa shape index (κ2) is 12.6. The lowest BCUT2D eigenvalue weighted by Gasteiger charge is -2.10. The highest BCUT2D eigenvalue weighted by Crippen LogP contribution is 2.41. The number of rotatable bonds is 5. The van der Waals surface area contributed by atoms with Crippen LogP contribution in [0, 0.1) is 0 Å². The summed E-state index contributed by atoms with van der Waals surface area (Å²) in [6.07, 6.45) is 0. The molecule has 0 radical (unpaired) electrons. The van der Waals surface area contributed by atoms with Gasteiger partial charge in [-0.3, -0.25) is 0 Å². The van der Waals surface area contributed by atoms with Crippen molar-refractivity contribution < 1.29 is 4.42 Å². The van der Waals surface area contributed by atoms with Crippen molar-refractivity contribution >= 4 is 75.3 Å². The molecule has 0 aliphatic rings. The van der Waals surface area contributed by atoms with Crippen LogP contribution in [0.5, 0.6) is 0 Å². The topological polar surface area (TPSA) is 67.6 Å². The summed E-state index contributed by atoms with van der Waals surface area (Å²) in [7, 11) is 0. The number of H-pyrrole nitrogens is 1. The molecule has 0 aliphatic carbocycles. The van der Waals surface area contributed by atoms with Gasteiger partial charge in [-0.25, -0.2) is 15.0 Å². The van der Waals surface area contributed by atoms with Gasteiger partial charge in [0.2, 0.25) is 0 Å². The zero-order valence-electron chi connectivity index (χ0n) is 30.4. The lowest BCUT2D eigenvalue weighted by molar-refractivity contribution is 0.669. The number of hydrogen-bond donors (Lipinski definition) is 1. The normalized spacial score (nSPS) is 11.9. The van der Waals surface area contributed by atoms with Gasteiger partial charge in [-0.1, -0.05) is 127 Å². The molecule has 0 bridgehead atoms. The van der Waals surface area contributed by atoms with E-state index in [1.54, 1.807) is 0 Å². The number of hydrogen-bond acceptors (Lipinski definition) is 5. The molecule has 0 fully saturated rings. The molecule has 57 heavy (non-hydrogen) atoms. The van der Waals surface area contributed by atoms with Crippen LogP contribution in [-0.2, 0) is 0 Å². The van der Waals surface area contributed by atoms with E-state index >= 15 is 0 Å². The van der Waals surface area contributed by atoms with Crippen molar-refractivity contribution in [3.8, 4) is 56.4 Å². The van der Waals surface area contributed by atoms with E-state index in [-0.39, 0.29) is 0 Å². The summed E-state index contributed by atoms with van der Waals surface area (Å²) >= 11 is 1.84. The first kappa shape index (κ1) is 31.9. The minimum atomic E-state index is 0.581. The van der Waals surface area contributed by atoms with E-state index in [0.717, 1.165) is 66.4 Å². The van der Waals surface area contributed by atoms with E-state index in [9.17, 15) is 0 Å². The average molecular weight is 747 g/mol. The number of aromatic amines is 1. The van der Waals surface area contributed by atoms with Crippen LogP contribution < -0.4 is 0 Å². The number of furan rings is 1. The Labute approximate surface area is 330 Å². The average Bonchev–Trinajstić information content (AvgIpc) is 3.97. The summed E-state index contributed by atoms with van der Waals surface area (Å²) in [5.74, 6) is 1.79. The third kappa shape index (κ3) is 5.26. The van der Waals surface area contributed by atoms with Gasteiger partial charge in [-0.15, -0.1) is 11.3 Å². The lowest BCUT2D eigenvalue weighted by atomic mass is 9.98. The highest BCUT2D eigenvalue weighted by molar-refractivity contribution is 7.25. The Hall–Kier alpha value is -7.41. The zero-order chi connectivity index (χ0) is 37.5. The highest BCUT2D eigenvalue weighted by atomic mass is 32.1. The SMILES string of the molecule is c1ccc(-c2ccc3c(c2)oc2cc(-c4nc(-c5ccc(-c6cccc7sc8ccccc8c67)cc5)nc(-c5ccc6c(c5)[nH]c5ccccc56)n4)ccc23)cc1. The summed E-state index contributed by atoms with van der Waals surface area (Å²) < 4.78 is 9.10. The fourth-order valence-corrected chi connectivity index (χ4v) is 9.43. The molecule has 8 aromatic carbocycles. The van der Waals surface area contributed by atoms with E-state index in [1.165, 1.54) is 36.5 Å². The van der Waals surface area contributed by atoms with Crippen molar-refractivity contribution in [2.75, 3.05) is 0 Å². The van der Waals surface area contributed by atoms with Crippen LogP contribution in [0.3, 0.4) is 0 Å². The Bertz CT molecular complexity index is 3520. The Morgan fingerprint density at radius 3 is 1.72 bits per heavy atom. The molecule has 6 heteroatoms. The smallest absolute Gasteiger partial charge is 0.164 e. The molecule has 4 heterocycles. The first-order chi connectivity index (χ1) is 28.2. The van der Waals surface area contributed by atoms with Crippen molar-refractivity contribution in [1.82, 2.24) is 19.9 Å². The van der Waals surface area contributed by atoms with Crippen LogP contribution in [0.1, 0.15) is 0 Å². The van der Waals surface area contributed by atoms with Gasteiger partial charge in [0, 0.05) is 69.4 Å². The largest absolute Gasteiger partial charge is 0.456 e. The van der Waals surface area contributed by atoms with Crippen molar-refractivity contribution in [2.45, 2.75) is 0 Å². The van der Waals surface area contributed by atoms with Crippen molar-refractivity contribution in [3.63, 3.8) is 0 Å². The second-order valence-corrected chi connectivity index (χ2v) is 15.6. The van der Waals surface area contributed by atoms with Gasteiger partial charge in [0.25, 0.3) is 0 Å². The molecule has 0 saturated heterocycles. The molecule has 0 unspecified atom stereocenters.